The van der Waals surface area contributed by atoms with E-state index in [0.29, 0.717) is 31.2 Å². The summed E-state index contributed by atoms with van der Waals surface area (Å²) in [5, 5.41) is 3.00. The molecule has 5 nitrogen and oxygen atoms in total. The largest absolute Gasteiger partial charge is 0.497 e. The Labute approximate surface area is 196 Å². The number of carbonyl (C=O) groups is 2. The minimum Gasteiger partial charge on any atom is -0.497 e. The molecule has 2 rings (SSSR count). The molecule has 0 unspecified atom stereocenters. The summed E-state index contributed by atoms with van der Waals surface area (Å²) in [4.78, 5) is 28.0. The van der Waals surface area contributed by atoms with Crippen LogP contribution in [-0.4, -0.2) is 42.2 Å². The Bertz CT molecular complexity index is 885. The minimum absolute atomic E-state index is 0.0297. The predicted molar refractivity (Wildman–Crippen MR) is 133 cm³/mol. The van der Waals surface area contributed by atoms with Gasteiger partial charge in [0.1, 0.15) is 11.8 Å². The van der Waals surface area contributed by atoms with Crippen molar-refractivity contribution in [3.63, 3.8) is 0 Å². The van der Waals surface area contributed by atoms with E-state index in [9.17, 15) is 9.59 Å². The zero-order valence-corrected chi connectivity index (χ0v) is 20.7. The third-order valence-corrected chi connectivity index (χ3v) is 6.27. The second-order valence-corrected chi connectivity index (χ2v) is 9.34. The van der Waals surface area contributed by atoms with Crippen LogP contribution in [-0.2, 0) is 21.9 Å². The molecular formula is C26H36N2O3S. The lowest BCUT2D eigenvalue weighted by Crippen LogP contribution is -2.50. The van der Waals surface area contributed by atoms with E-state index in [1.165, 1.54) is 11.1 Å². The van der Waals surface area contributed by atoms with Crippen LogP contribution >= 0.6 is 11.8 Å². The van der Waals surface area contributed by atoms with Crippen LogP contribution in [0.4, 0.5) is 0 Å². The molecule has 1 atom stereocenters. The molecule has 6 heteroatoms. The fourth-order valence-electron chi connectivity index (χ4n) is 3.41. The van der Waals surface area contributed by atoms with Crippen LogP contribution in [0.25, 0.3) is 0 Å². The maximum atomic E-state index is 13.3. The number of benzene rings is 2. The molecule has 2 amide bonds. The molecule has 0 aromatic heterocycles. The Kier molecular flexibility index (Phi) is 10.6. The van der Waals surface area contributed by atoms with Gasteiger partial charge in [0, 0.05) is 18.8 Å². The van der Waals surface area contributed by atoms with Gasteiger partial charge in [0.05, 0.1) is 12.9 Å². The van der Waals surface area contributed by atoms with Crippen molar-refractivity contribution in [2.75, 3.05) is 19.4 Å². The summed E-state index contributed by atoms with van der Waals surface area (Å²) in [6.07, 6.45) is 0.558. The van der Waals surface area contributed by atoms with E-state index in [2.05, 4.69) is 38.2 Å². The molecule has 0 radical (unpaired) electrons. The summed E-state index contributed by atoms with van der Waals surface area (Å²) in [6, 6.07) is 15.4. The van der Waals surface area contributed by atoms with Gasteiger partial charge in [-0.1, -0.05) is 57.2 Å². The molecule has 32 heavy (non-hydrogen) atoms. The molecule has 0 fully saturated rings. The number of carbonyl (C=O) groups excluding carboxylic acids is 2. The number of thioether (sulfide) groups is 1. The Hall–Kier alpha value is -2.47. The molecule has 0 aliphatic carbocycles. The molecule has 1 N–H and O–H groups in total. The number of amides is 2. The molecule has 0 saturated carbocycles. The first-order chi connectivity index (χ1) is 15.3. The van der Waals surface area contributed by atoms with Gasteiger partial charge < -0.3 is 15.0 Å². The van der Waals surface area contributed by atoms with Crippen molar-refractivity contribution in [1.29, 1.82) is 0 Å². The summed E-state index contributed by atoms with van der Waals surface area (Å²) in [7, 11) is 1.62. The molecular weight excluding hydrogens is 420 g/mol. The van der Waals surface area contributed by atoms with E-state index in [0.717, 1.165) is 17.1 Å². The molecule has 0 bridgehead atoms. The Morgan fingerprint density at radius 1 is 1.12 bits per heavy atom. The SMILES string of the molecule is CC[C@H](C(=O)NCC(C)C)N(Cc1cccc(OC)c1)C(=O)CSCc1ccccc1C. The predicted octanol–water partition coefficient (Wildman–Crippen LogP) is 4.82. The van der Waals surface area contributed by atoms with Gasteiger partial charge in [-0.3, -0.25) is 9.59 Å². The summed E-state index contributed by atoms with van der Waals surface area (Å²) in [5.41, 5.74) is 3.39. The summed E-state index contributed by atoms with van der Waals surface area (Å²) in [5.74, 6) is 2.05. The Morgan fingerprint density at radius 2 is 1.88 bits per heavy atom. The van der Waals surface area contributed by atoms with Crippen LogP contribution < -0.4 is 10.1 Å². The molecule has 0 saturated heterocycles. The third-order valence-electron chi connectivity index (χ3n) is 5.30. The number of ether oxygens (including phenoxy) is 1. The number of rotatable bonds is 12. The lowest BCUT2D eigenvalue weighted by atomic mass is 10.1. The average Bonchev–Trinajstić information content (AvgIpc) is 2.78. The van der Waals surface area contributed by atoms with Crippen LogP contribution in [0, 0.1) is 12.8 Å². The van der Waals surface area contributed by atoms with Crippen molar-refractivity contribution in [3.8, 4) is 5.75 Å². The highest BCUT2D eigenvalue weighted by Gasteiger charge is 2.28. The first-order valence-corrected chi connectivity index (χ1v) is 12.3. The number of hydrogen-bond donors (Lipinski definition) is 1. The highest BCUT2D eigenvalue weighted by molar-refractivity contribution is 7.99. The fourth-order valence-corrected chi connectivity index (χ4v) is 4.40. The van der Waals surface area contributed by atoms with Gasteiger partial charge in [-0.15, -0.1) is 11.8 Å². The van der Waals surface area contributed by atoms with Crippen molar-refractivity contribution < 1.29 is 14.3 Å². The third kappa shape index (κ3) is 7.90. The molecule has 0 heterocycles. The van der Waals surface area contributed by atoms with Crippen molar-refractivity contribution in [3.05, 3.63) is 65.2 Å². The standard InChI is InChI=1S/C26H36N2O3S/c1-6-24(26(30)27-15-19(2)3)28(16-21-11-9-13-23(14-21)31-5)25(29)18-32-17-22-12-8-7-10-20(22)4/h7-14,19,24H,6,15-18H2,1-5H3,(H,27,30)/t24-/m1/s1. The van der Waals surface area contributed by atoms with Gasteiger partial charge in [-0.05, 0) is 48.1 Å². The molecule has 0 spiro atoms. The van der Waals surface area contributed by atoms with E-state index in [1.807, 2.05) is 43.3 Å². The minimum atomic E-state index is -0.508. The topological polar surface area (TPSA) is 58.6 Å². The van der Waals surface area contributed by atoms with E-state index in [1.54, 1.807) is 23.8 Å². The molecule has 0 aliphatic heterocycles. The van der Waals surface area contributed by atoms with Gasteiger partial charge >= 0.3 is 0 Å². The lowest BCUT2D eigenvalue weighted by molar-refractivity contribution is -0.139. The highest BCUT2D eigenvalue weighted by atomic mass is 32.2. The van der Waals surface area contributed by atoms with Crippen LogP contribution in [0.2, 0.25) is 0 Å². The van der Waals surface area contributed by atoms with Crippen molar-refractivity contribution >= 4 is 23.6 Å². The van der Waals surface area contributed by atoms with Crippen molar-refractivity contribution in [2.45, 2.75) is 52.5 Å². The van der Waals surface area contributed by atoms with Crippen LogP contribution in [0.1, 0.15) is 43.9 Å². The van der Waals surface area contributed by atoms with Gasteiger partial charge in [-0.2, -0.15) is 0 Å². The fraction of sp³-hybridized carbons (Fsp3) is 0.462. The zero-order chi connectivity index (χ0) is 23.5. The number of aryl methyl sites for hydroxylation is 1. The van der Waals surface area contributed by atoms with Crippen LogP contribution in [0.15, 0.2) is 48.5 Å². The number of nitrogens with zero attached hydrogens (tertiary/aromatic N) is 1. The van der Waals surface area contributed by atoms with E-state index in [4.69, 9.17) is 4.74 Å². The average molecular weight is 457 g/mol. The molecule has 0 aliphatic rings. The maximum absolute atomic E-state index is 13.3. The summed E-state index contributed by atoms with van der Waals surface area (Å²) < 4.78 is 5.33. The first kappa shape index (κ1) is 25.8. The first-order valence-electron chi connectivity index (χ1n) is 11.2. The van der Waals surface area contributed by atoms with Gasteiger partial charge in [0.15, 0.2) is 0 Å². The van der Waals surface area contributed by atoms with E-state index in [-0.39, 0.29) is 11.8 Å². The van der Waals surface area contributed by atoms with Crippen molar-refractivity contribution in [2.24, 2.45) is 5.92 Å². The molecule has 174 valence electrons. The second kappa shape index (κ2) is 13.2. The molecule has 2 aromatic rings. The second-order valence-electron chi connectivity index (χ2n) is 8.36. The van der Waals surface area contributed by atoms with Gasteiger partial charge in [0.2, 0.25) is 11.8 Å². The maximum Gasteiger partial charge on any atom is 0.242 e. The molecule has 2 aromatic carbocycles. The van der Waals surface area contributed by atoms with Crippen LogP contribution in [0.5, 0.6) is 5.75 Å². The Balaban J connectivity index is 2.16. The number of hydrogen-bond acceptors (Lipinski definition) is 4. The quantitative estimate of drug-likeness (QED) is 0.498. The van der Waals surface area contributed by atoms with Gasteiger partial charge in [0.25, 0.3) is 0 Å². The summed E-state index contributed by atoms with van der Waals surface area (Å²) in [6.45, 7) is 9.11. The normalized spacial score (nSPS) is 11.8. The monoisotopic (exact) mass is 456 g/mol. The smallest absolute Gasteiger partial charge is 0.242 e. The lowest BCUT2D eigenvalue weighted by Gasteiger charge is -2.31. The summed E-state index contributed by atoms with van der Waals surface area (Å²) >= 11 is 1.59. The number of nitrogens with one attached hydrogen (secondary N) is 1. The van der Waals surface area contributed by atoms with Crippen molar-refractivity contribution in [1.82, 2.24) is 10.2 Å². The van der Waals surface area contributed by atoms with E-state index >= 15 is 0 Å². The van der Waals surface area contributed by atoms with Gasteiger partial charge in [-0.25, -0.2) is 0 Å². The Morgan fingerprint density at radius 3 is 2.53 bits per heavy atom. The highest BCUT2D eigenvalue weighted by Crippen LogP contribution is 2.20. The zero-order valence-electron chi connectivity index (χ0n) is 19.9. The van der Waals surface area contributed by atoms with Crippen LogP contribution in [0.3, 0.4) is 0 Å². The van der Waals surface area contributed by atoms with E-state index < -0.39 is 6.04 Å². The number of methoxy groups -OCH3 is 1.